The lowest BCUT2D eigenvalue weighted by Gasteiger charge is -2.02. The Morgan fingerprint density at radius 1 is 0.500 bits per heavy atom. The van der Waals surface area contributed by atoms with Crippen molar-refractivity contribution in [2.75, 3.05) is 17.3 Å². The molecule has 36 heavy (non-hydrogen) atoms. The van der Waals surface area contributed by atoms with Crippen LogP contribution in [0.25, 0.3) is 0 Å². The summed E-state index contributed by atoms with van der Waals surface area (Å²) >= 11 is 7.86. The molecule has 0 aliphatic carbocycles. The summed E-state index contributed by atoms with van der Waals surface area (Å²) in [4.78, 5) is 37.8. The minimum Gasteiger partial charge on any atom is -0.287 e. The van der Waals surface area contributed by atoms with Crippen LogP contribution >= 0.6 is 69.5 Å². The van der Waals surface area contributed by atoms with Gasteiger partial charge < -0.3 is 0 Å². The number of benzene rings is 3. The van der Waals surface area contributed by atoms with Gasteiger partial charge in [0.1, 0.15) is 0 Å². The van der Waals surface area contributed by atoms with Gasteiger partial charge in [-0.2, -0.15) is 12.6 Å². The van der Waals surface area contributed by atoms with Crippen molar-refractivity contribution in [3.63, 3.8) is 0 Å². The Morgan fingerprint density at radius 2 is 0.806 bits per heavy atom. The minimum atomic E-state index is 0.177. The van der Waals surface area contributed by atoms with Crippen molar-refractivity contribution in [1.82, 2.24) is 0 Å². The van der Waals surface area contributed by atoms with Crippen molar-refractivity contribution in [3.05, 3.63) is 91.0 Å². The van der Waals surface area contributed by atoms with Crippen molar-refractivity contribution < 1.29 is 14.4 Å². The van der Waals surface area contributed by atoms with Gasteiger partial charge in [0.2, 0.25) is 0 Å². The second kappa shape index (κ2) is 19.8. The van der Waals surface area contributed by atoms with Gasteiger partial charge in [0, 0.05) is 45.5 Å². The summed E-state index contributed by atoms with van der Waals surface area (Å²) in [7, 11) is 3.32. The lowest BCUT2D eigenvalue weighted by molar-refractivity contribution is -0.111. The first-order valence-electron chi connectivity index (χ1n) is 11.2. The summed E-state index contributed by atoms with van der Waals surface area (Å²) in [5.74, 6) is 2.19. The summed E-state index contributed by atoms with van der Waals surface area (Å²) in [5, 5.41) is 0.547. The van der Waals surface area contributed by atoms with E-state index in [4.69, 9.17) is 0 Å². The average Bonchev–Trinajstić information content (AvgIpc) is 2.88. The number of thioether (sulfide) groups is 3. The zero-order chi connectivity index (χ0) is 25.8. The Hall–Kier alpha value is -1.23. The Kier molecular flexibility index (Phi) is 17.1. The number of rotatable bonds is 12. The molecule has 0 aliphatic rings. The third-order valence-corrected chi connectivity index (χ3v) is 9.55. The second-order valence-corrected chi connectivity index (χ2v) is 13.5. The summed E-state index contributed by atoms with van der Waals surface area (Å²) in [6.45, 7) is 0. The van der Waals surface area contributed by atoms with Gasteiger partial charge in [-0.25, -0.2) is 0 Å². The average molecular weight is 593 g/mol. The van der Waals surface area contributed by atoms with E-state index in [9.17, 15) is 14.4 Å². The number of carbonyl (C=O) groups is 3. The number of hydrogen-bond donors (Lipinski definition) is 1. The molecule has 0 unspecified atom stereocenters. The third-order valence-electron chi connectivity index (χ3n) is 4.10. The van der Waals surface area contributed by atoms with Crippen LogP contribution in [0.2, 0.25) is 0 Å². The van der Waals surface area contributed by atoms with Crippen molar-refractivity contribution >= 4 is 84.8 Å². The standard InChI is InChI=1S/C18H18O2S4.C9H10OS2/c19-17(23-15-7-3-1-4-8-15)11-13-21-22-14-12-18(20)24-16-9-5-2-6-10-16;10-9(6-7-11)12-8-4-2-1-3-5-8/h1-10H,11-14H2;1-5,11H,6-7H2. The van der Waals surface area contributed by atoms with Gasteiger partial charge in [0.25, 0.3) is 0 Å². The van der Waals surface area contributed by atoms with Crippen LogP contribution in [-0.2, 0) is 14.4 Å². The molecule has 0 amide bonds. The van der Waals surface area contributed by atoms with Gasteiger partial charge >= 0.3 is 0 Å². The fourth-order valence-corrected chi connectivity index (χ4v) is 7.35. The van der Waals surface area contributed by atoms with Crippen molar-refractivity contribution in [2.45, 2.75) is 33.9 Å². The molecule has 190 valence electrons. The molecule has 3 nitrogen and oxygen atoms in total. The van der Waals surface area contributed by atoms with Crippen LogP contribution in [0.4, 0.5) is 0 Å². The molecule has 0 N–H and O–H groups in total. The molecule has 0 bridgehead atoms. The smallest absolute Gasteiger partial charge is 0.194 e. The van der Waals surface area contributed by atoms with E-state index in [2.05, 4.69) is 12.6 Å². The van der Waals surface area contributed by atoms with E-state index < -0.39 is 0 Å². The first kappa shape index (κ1) is 31.0. The van der Waals surface area contributed by atoms with E-state index in [1.54, 1.807) is 21.6 Å². The van der Waals surface area contributed by atoms with Crippen LogP contribution in [0, 0.1) is 0 Å². The van der Waals surface area contributed by atoms with Gasteiger partial charge in [-0.15, -0.1) is 0 Å². The van der Waals surface area contributed by atoms with Crippen LogP contribution in [-0.4, -0.2) is 32.6 Å². The van der Waals surface area contributed by atoms with Crippen LogP contribution in [0.5, 0.6) is 0 Å². The fourth-order valence-electron chi connectivity index (χ4n) is 2.47. The van der Waals surface area contributed by atoms with E-state index >= 15 is 0 Å². The van der Waals surface area contributed by atoms with Crippen LogP contribution in [0.1, 0.15) is 19.3 Å². The Bertz CT molecular complexity index is 976. The third kappa shape index (κ3) is 15.1. The van der Waals surface area contributed by atoms with Crippen molar-refractivity contribution in [2.24, 2.45) is 0 Å². The predicted molar refractivity (Wildman–Crippen MR) is 165 cm³/mol. The quantitative estimate of drug-likeness (QED) is 0.0974. The Morgan fingerprint density at radius 3 is 1.11 bits per heavy atom. The molecular weight excluding hydrogens is 565 g/mol. The maximum Gasteiger partial charge on any atom is 0.194 e. The highest BCUT2D eigenvalue weighted by Gasteiger charge is 2.07. The molecule has 0 saturated heterocycles. The number of carbonyl (C=O) groups excluding carboxylic acids is 3. The monoisotopic (exact) mass is 592 g/mol. The molecule has 0 radical (unpaired) electrons. The summed E-state index contributed by atoms with van der Waals surface area (Å²) in [6.07, 6.45) is 1.62. The second-order valence-electron chi connectivity index (χ2n) is 6.98. The van der Waals surface area contributed by atoms with Gasteiger partial charge in [-0.05, 0) is 42.2 Å². The van der Waals surface area contributed by atoms with Gasteiger partial charge in [-0.3, -0.25) is 14.4 Å². The molecular formula is C27H28O3S6. The normalized spacial score (nSPS) is 10.2. The molecule has 0 heterocycles. The predicted octanol–water partition coefficient (Wildman–Crippen LogP) is 8.41. The number of thiol groups is 1. The highest BCUT2D eigenvalue weighted by Crippen LogP contribution is 2.27. The first-order chi connectivity index (χ1) is 17.6. The molecule has 0 spiro atoms. The Labute approximate surface area is 239 Å². The Balaban J connectivity index is 0.000000319. The molecule has 3 aromatic rings. The molecule has 9 heteroatoms. The highest BCUT2D eigenvalue weighted by molar-refractivity contribution is 8.76. The number of hydrogen-bond acceptors (Lipinski definition) is 9. The molecule has 0 saturated carbocycles. The van der Waals surface area contributed by atoms with Crippen LogP contribution < -0.4 is 0 Å². The first-order valence-corrected chi connectivity index (χ1v) is 16.8. The SMILES string of the molecule is O=C(CCS)Sc1ccccc1.O=C(CCSSCCC(=O)Sc1ccccc1)Sc1ccccc1. The zero-order valence-electron chi connectivity index (χ0n) is 19.6. The van der Waals surface area contributed by atoms with Crippen LogP contribution in [0.3, 0.4) is 0 Å². The lowest BCUT2D eigenvalue weighted by Crippen LogP contribution is -1.94. The van der Waals surface area contributed by atoms with Crippen molar-refractivity contribution in [3.8, 4) is 0 Å². The lowest BCUT2D eigenvalue weighted by atomic mass is 10.4. The maximum absolute atomic E-state index is 11.8. The molecule has 0 aromatic heterocycles. The van der Waals surface area contributed by atoms with Crippen molar-refractivity contribution in [1.29, 1.82) is 0 Å². The van der Waals surface area contributed by atoms with Gasteiger partial charge in [0.15, 0.2) is 15.3 Å². The van der Waals surface area contributed by atoms with E-state index in [1.165, 1.54) is 35.3 Å². The molecule has 0 aliphatic heterocycles. The van der Waals surface area contributed by atoms with Gasteiger partial charge in [0.05, 0.1) is 0 Å². The molecule has 3 aromatic carbocycles. The zero-order valence-corrected chi connectivity index (χ0v) is 24.6. The summed E-state index contributed by atoms with van der Waals surface area (Å²) < 4.78 is 0. The van der Waals surface area contributed by atoms with E-state index in [-0.39, 0.29) is 15.3 Å². The summed E-state index contributed by atoms with van der Waals surface area (Å²) in [6, 6.07) is 29.1. The van der Waals surface area contributed by atoms with E-state index in [0.29, 0.717) is 25.0 Å². The molecule has 0 fully saturated rings. The largest absolute Gasteiger partial charge is 0.287 e. The maximum atomic E-state index is 11.8. The minimum absolute atomic E-state index is 0.177. The molecule has 3 rings (SSSR count). The summed E-state index contributed by atoms with van der Waals surface area (Å²) in [5.41, 5.74) is 0. The van der Waals surface area contributed by atoms with Crippen LogP contribution in [0.15, 0.2) is 106 Å². The topological polar surface area (TPSA) is 51.2 Å². The van der Waals surface area contributed by atoms with E-state index in [0.717, 1.165) is 26.2 Å². The van der Waals surface area contributed by atoms with Gasteiger partial charge in [-0.1, -0.05) is 111 Å². The molecule has 0 atom stereocenters. The highest BCUT2D eigenvalue weighted by atomic mass is 33.1. The van der Waals surface area contributed by atoms with E-state index in [1.807, 2.05) is 91.0 Å². The fraction of sp³-hybridized carbons (Fsp3) is 0.222.